The summed E-state index contributed by atoms with van der Waals surface area (Å²) in [6.07, 6.45) is 1.52. The molecule has 1 atom stereocenters. The van der Waals surface area contributed by atoms with Crippen molar-refractivity contribution in [2.24, 2.45) is 0 Å². The molecule has 4 nitrogen and oxygen atoms in total. The Labute approximate surface area is 121 Å². The first-order valence-electron chi connectivity index (χ1n) is 6.20. The minimum atomic E-state index is 0.322. The minimum absolute atomic E-state index is 0.322. The van der Waals surface area contributed by atoms with E-state index in [4.69, 9.17) is 27.7 Å². The fourth-order valence-electron chi connectivity index (χ4n) is 2.23. The van der Waals surface area contributed by atoms with Crippen LogP contribution in [0.15, 0.2) is 22.7 Å². The molecule has 0 saturated carbocycles. The molecule has 0 bridgehead atoms. The lowest BCUT2D eigenvalue weighted by Crippen LogP contribution is -2.08. The molecule has 0 aliphatic carbocycles. The average molecular weight is 298 g/mol. The van der Waals surface area contributed by atoms with Crippen LogP contribution in [0.5, 0.6) is 0 Å². The normalized spacial score (nSPS) is 18.9. The molecule has 100 valence electrons. The molecule has 1 fully saturated rings. The zero-order chi connectivity index (χ0) is 13.2. The lowest BCUT2D eigenvalue weighted by molar-refractivity contribution is 0.355. The molecule has 1 unspecified atom stereocenters. The van der Waals surface area contributed by atoms with Gasteiger partial charge in [-0.3, -0.25) is 0 Å². The summed E-state index contributed by atoms with van der Waals surface area (Å²) in [5.74, 6) is 1.64. The summed E-state index contributed by atoms with van der Waals surface area (Å²) in [4.78, 5) is 4.43. The second-order valence-electron chi connectivity index (χ2n) is 4.62. The molecule has 1 aromatic carbocycles. The van der Waals surface area contributed by atoms with Crippen LogP contribution in [0.25, 0.3) is 0 Å². The Hall–Kier alpha value is -1.10. The predicted octanol–water partition coefficient (Wildman–Crippen LogP) is 3.04. The van der Waals surface area contributed by atoms with Crippen molar-refractivity contribution >= 4 is 23.2 Å². The Kier molecular flexibility index (Phi) is 3.73. The van der Waals surface area contributed by atoms with Crippen molar-refractivity contribution in [2.45, 2.75) is 18.8 Å². The first kappa shape index (κ1) is 12.9. The van der Waals surface area contributed by atoms with Crippen LogP contribution >= 0.6 is 23.2 Å². The molecule has 6 heteroatoms. The highest BCUT2D eigenvalue weighted by molar-refractivity contribution is 6.36. The fourth-order valence-corrected chi connectivity index (χ4v) is 2.76. The Bertz CT molecular complexity index is 559. The predicted molar refractivity (Wildman–Crippen MR) is 73.8 cm³/mol. The Balaban J connectivity index is 1.80. The molecular formula is C13H13Cl2N3O. The SMILES string of the molecule is Clc1cccc(Cl)c1Cc1noc(C2CCNC2)n1. The van der Waals surface area contributed by atoms with E-state index in [1.807, 2.05) is 18.2 Å². The van der Waals surface area contributed by atoms with E-state index in [0.29, 0.717) is 34.1 Å². The fraction of sp³-hybridized carbons (Fsp3) is 0.385. The number of nitrogens with one attached hydrogen (secondary N) is 1. The molecule has 2 aromatic rings. The van der Waals surface area contributed by atoms with Gasteiger partial charge in [0.2, 0.25) is 5.89 Å². The Morgan fingerprint density at radius 1 is 1.32 bits per heavy atom. The van der Waals surface area contributed by atoms with Crippen molar-refractivity contribution < 1.29 is 4.52 Å². The Morgan fingerprint density at radius 2 is 2.11 bits per heavy atom. The van der Waals surface area contributed by atoms with Crippen LogP contribution in [-0.4, -0.2) is 23.2 Å². The number of halogens is 2. The van der Waals surface area contributed by atoms with E-state index in [-0.39, 0.29) is 0 Å². The first-order valence-corrected chi connectivity index (χ1v) is 6.95. The second-order valence-corrected chi connectivity index (χ2v) is 5.43. The summed E-state index contributed by atoms with van der Waals surface area (Å²) in [6.45, 7) is 1.90. The summed E-state index contributed by atoms with van der Waals surface area (Å²) >= 11 is 12.3. The van der Waals surface area contributed by atoms with Gasteiger partial charge < -0.3 is 9.84 Å². The second kappa shape index (κ2) is 5.49. The van der Waals surface area contributed by atoms with Crippen LogP contribution in [0.3, 0.4) is 0 Å². The third-order valence-corrected chi connectivity index (χ3v) is 4.00. The molecule has 0 spiro atoms. The van der Waals surface area contributed by atoms with E-state index in [0.717, 1.165) is 25.1 Å². The van der Waals surface area contributed by atoms with Crippen LogP contribution in [-0.2, 0) is 6.42 Å². The molecule has 3 rings (SSSR count). The summed E-state index contributed by atoms with van der Waals surface area (Å²) in [6, 6.07) is 5.44. The van der Waals surface area contributed by atoms with Gasteiger partial charge >= 0.3 is 0 Å². The summed E-state index contributed by atoms with van der Waals surface area (Å²) in [5, 5.41) is 8.54. The van der Waals surface area contributed by atoms with Gasteiger partial charge in [0.05, 0.1) is 5.92 Å². The molecule has 1 N–H and O–H groups in total. The van der Waals surface area contributed by atoms with Crippen molar-refractivity contribution in [3.63, 3.8) is 0 Å². The van der Waals surface area contributed by atoms with E-state index in [1.165, 1.54) is 0 Å². The third kappa shape index (κ3) is 2.76. The Morgan fingerprint density at radius 3 is 2.79 bits per heavy atom. The highest BCUT2D eigenvalue weighted by Crippen LogP contribution is 2.27. The maximum absolute atomic E-state index is 6.13. The van der Waals surface area contributed by atoms with Crippen LogP contribution in [0.1, 0.15) is 29.6 Å². The highest BCUT2D eigenvalue weighted by Gasteiger charge is 2.23. The molecule has 1 saturated heterocycles. The van der Waals surface area contributed by atoms with E-state index < -0.39 is 0 Å². The van der Waals surface area contributed by atoms with Gasteiger partial charge in [0.1, 0.15) is 0 Å². The summed E-state index contributed by atoms with van der Waals surface area (Å²) in [7, 11) is 0. The number of benzene rings is 1. The third-order valence-electron chi connectivity index (χ3n) is 3.29. The van der Waals surface area contributed by atoms with Crippen LogP contribution in [0.4, 0.5) is 0 Å². The molecule has 1 aromatic heterocycles. The number of hydrogen-bond donors (Lipinski definition) is 1. The van der Waals surface area contributed by atoms with Gasteiger partial charge in [0.25, 0.3) is 0 Å². The topological polar surface area (TPSA) is 51.0 Å². The van der Waals surface area contributed by atoms with E-state index in [1.54, 1.807) is 0 Å². The molecule has 2 heterocycles. The van der Waals surface area contributed by atoms with Gasteiger partial charge in [-0.1, -0.05) is 34.4 Å². The van der Waals surface area contributed by atoms with E-state index >= 15 is 0 Å². The molecule has 1 aliphatic heterocycles. The van der Waals surface area contributed by atoms with Gasteiger partial charge in [-0.25, -0.2) is 0 Å². The van der Waals surface area contributed by atoms with E-state index in [2.05, 4.69) is 15.5 Å². The van der Waals surface area contributed by atoms with Gasteiger partial charge in [-0.2, -0.15) is 4.98 Å². The maximum Gasteiger partial charge on any atom is 0.231 e. The first-order chi connectivity index (χ1) is 9.24. The molecule has 0 amide bonds. The van der Waals surface area contributed by atoms with Gasteiger partial charge in [0.15, 0.2) is 5.82 Å². The zero-order valence-electron chi connectivity index (χ0n) is 10.2. The monoisotopic (exact) mass is 297 g/mol. The van der Waals surface area contributed by atoms with Gasteiger partial charge in [-0.15, -0.1) is 0 Å². The minimum Gasteiger partial charge on any atom is -0.339 e. The standard InChI is InChI=1S/C13H13Cl2N3O/c14-10-2-1-3-11(15)9(10)6-12-17-13(19-18-12)8-4-5-16-7-8/h1-3,8,16H,4-7H2. The maximum atomic E-state index is 6.13. The van der Waals surface area contributed by atoms with Crippen molar-refractivity contribution in [1.82, 2.24) is 15.5 Å². The van der Waals surface area contributed by atoms with Crippen LogP contribution in [0, 0.1) is 0 Å². The van der Waals surface area contributed by atoms with Crippen molar-refractivity contribution in [3.8, 4) is 0 Å². The highest BCUT2D eigenvalue weighted by atomic mass is 35.5. The molecule has 19 heavy (non-hydrogen) atoms. The summed E-state index contributed by atoms with van der Waals surface area (Å²) in [5.41, 5.74) is 0.836. The van der Waals surface area contributed by atoms with Crippen molar-refractivity contribution in [2.75, 3.05) is 13.1 Å². The molecule has 1 aliphatic rings. The lowest BCUT2D eigenvalue weighted by atomic mass is 10.1. The number of nitrogens with zero attached hydrogens (tertiary/aromatic N) is 2. The lowest BCUT2D eigenvalue weighted by Gasteiger charge is -2.03. The van der Waals surface area contributed by atoms with Gasteiger partial charge in [0, 0.05) is 23.0 Å². The van der Waals surface area contributed by atoms with Crippen molar-refractivity contribution in [1.29, 1.82) is 0 Å². The zero-order valence-corrected chi connectivity index (χ0v) is 11.7. The smallest absolute Gasteiger partial charge is 0.231 e. The molecular weight excluding hydrogens is 285 g/mol. The molecule has 0 radical (unpaired) electrons. The number of hydrogen-bond acceptors (Lipinski definition) is 4. The van der Waals surface area contributed by atoms with Crippen LogP contribution in [0.2, 0.25) is 10.0 Å². The quantitative estimate of drug-likeness (QED) is 0.946. The van der Waals surface area contributed by atoms with E-state index in [9.17, 15) is 0 Å². The number of aromatic nitrogens is 2. The average Bonchev–Trinajstić information content (AvgIpc) is 3.04. The summed E-state index contributed by atoms with van der Waals surface area (Å²) < 4.78 is 5.31. The van der Waals surface area contributed by atoms with Gasteiger partial charge in [-0.05, 0) is 30.7 Å². The largest absolute Gasteiger partial charge is 0.339 e. The van der Waals surface area contributed by atoms with Crippen LogP contribution < -0.4 is 5.32 Å². The van der Waals surface area contributed by atoms with Crippen molar-refractivity contribution in [3.05, 3.63) is 45.5 Å². The number of rotatable bonds is 3.